The van der Waals surface area contributed by atoms with Crippen LogP contribution in [0.4, 0.5) is 19.0 Å². The van der Waals surface area contributed by atoms with Gasteiger partial charge in [0, 0.05) is 13.2 Å². The summed E-state index contributed by atoms with van der Waals surface area (Å²) in [6, 6.07) is 9.15. The fraction of sp³-hybridized carbons (Fsp3) is 0.545. The number of terminal acetylenes is 1. The lowest BCUT2D eigenvalue weighted by Gasteiger charge is -2.33. The molecule has 0 aliphatic heterocycles. The summed E-state index contributed by atoms with van der Waals surface area (Å²) in [7, 11) is -3.52. The molecule has 2 heterocycles. The van der Waals surface area contributed by atoms with Crippen LogP contribution in [0.2, 0.25) is 0 Å². The molecule has 0 aliphatic carbocycles. The SMILES string of the molecule is C#C[C@](COP(=O)(N[C@@H](Cc1cc(F)cc(F)c1)C(=O)OCCCCCCCCCCCCCCCCC)Oc1ccccc1)(OC)[C@@H](O)Cn1cnc2c(N)nc(F)nc21. The summed E-state index contributed by atoms with van der Waals surface area (Å²) >= 11 is 0. The van der Waals surface area contributed by atoms with Gasteiger partial charge in [-0.25, -0.2) is 18.3 Å². The molecule has 4 atom stereocenters. The van der Waals surface area contributed by atoms with Crippen molar-refractivity contribution in [2.45, 2.75) is 134 Å². The van der Waals surface area contributed by atoms with Crippen LogP contribution < -0.4 is 15.3 Å². The number of nitrogen functional groups attached to an aromatic ring is 1. The number of nitrogens with one attached hydrogen (secondary N) is 1. The van der Waals surface area contributed by atoms with E-state index in [1.165, 1.54) is 94.3 Å². The number of halogens is 3. The summed E-state index contributed by atoms with van der Waals surface area (Å²) in [5.74, 6) is -0.440. The maximum Gasteiger partial charge on any atom is 0.459 e. The van der Waals surface area contributed by atoms with Gasteiger partial charge in [-0.2, -0.15) is 19.4 Å². The van der Waals surface area contributed by atoms with Crippen LogP contribution >= 0.6 is 7.75 Å². The number of methoxy groups -OCH3 is 1. The van der Waals surface area contributed by atoms with Crippen molar-refractivity contribution in [3.63, 3.8) is 0 Å². The molecule has 0 spiro atoms. The van der Waals surface area contributed by atoms with Crippen LogP contribution in [0.1, 0.15) is 109 Å². The van der Waals surface area contributed by atoms with Crippen LogP contribution in [0.3, 0.4) is 0 Å². The number of hydrogen-bond acceptors (Lipinski definition) is 11. The molecule has 334 valence electrons. The van der Waals surface area contributed by atoms with Gasteiger partial charge in [0.25, 0.3) is 0 Å². The van der Waals surface area contributed by atoms with Crippen LogP contribution in [0.25, 0.3) is 11.2 Å². The van der Waals surface area contributed by atoms with Gasteiger partial charge in [-0.3, -0.25) is 9.32 Å². The number of nitrogens with zero attached hydrogens (tertiary/aromatic N) is 4. The number of imidazole rings is 1. The van der Waals surface area contributed by atoms with E-state index in [1.807, 2.05) is 0 Å². The van der Waals surface area contributed by atoms with E-state index in [0.717, 1.165) is 37.8 Å². The number of carbonyl (C=O) groups excluding carboxylic acids is 1. The third-order valence-corrected chi connectivity index (χ3v) is 11.9. The van der Waals surface area contributed by atoms with E-state index < -0.39 is 55.8 Å². The highest BCUT2D eigenvalue weighted by atomic mass is 31.2. The minimum absolute atomic E-state index is 0.0359. The first-order valence-electron chi connectivity index (χ1n) is 21.1. The van der Waals surface area contributed by atoms with Crippen LogP contribution in [-0.2, 0) is 36.3 Å². The maximum atomic E-state index is 14.7. The minimum atomic E-state index is -4.70. The molecule has 61 heavy (non-hydrogen) atoms. The monoisotopic (exact) mass is 872 g/mol. The van der Waals surface area contributed by atoms with Crippen molar-refractivity contribution in [1.29, 1.82) is 0 Å². The van der Waals surface area contributed by atoms with Gasteiger partial charge < -0.3 is 29.4 Å². The molecule has 0 amide bonds. The molecular formula is C44H60F3N6O7P. The summed E-state index contributed by atoms with van der Waals surface area (Å²) < 4.78 is 81.5. The molecule has 0 bridgehead atoms. The number of aromatic nitrogens is 4. The molecule has 4 rings (SSSR count). The molecule has 17 heteroatoms. The van der Waals surface area contributed by atoms with Crippen molar-refractivity contribution in [1.82, 2.24) is 24.6 Å². The van der Waals surface area contributed by atoms with Crippen molar-refractivity contribution < 1.29 is 46.2 Å². The van der Waals surface area contributed by atoms with E-state index in [2.05, 4.69) is 32.9 Å². The number of hydrogen-bond donors (Lipinski definition) is 3. The quantitative estimate of drug-likeness (QED) is 0.0149. The number of aliphatic hydroxyl groups is 1. The Balaban J connectivity index is 1.41. The Kier molecular flexibility index (Phi) is 20.5. The molecular weight excluding hydrogens is 812 g/mol. The van der Waals surface area contributed by atoms with E-state index in [-0.39, 0.29) is 47.9 Å². The fourth-order valence-corrected chi connectivity index (χ4v) is 8.39. The van der Waals surface area contributed by atoms with Gasteiger partial charge in [0.05, 0.1) is 19.5 Å². The smallest absolute Gasteiger partial charge is 0.459 e. The van der Waals surface area contributed by atoms with E-state index in [1.54, 1.807) is 18.2 Å². The molecule has 0 radical (unpaired) electrons. The number of benzene rings is 2. The molecule has 1 unspecified atom stereocenters. The average Bonchev–Trinajstić information content (AvgIpc) is 3.63. The zero-order chi connectivity index (χ0) is 44.1. The fourth-order valence-electron chi connectivity index (χ4n) is 6.87. The van der Waals surface area contributed by atoms with Crippen molar-refractivity contribution in [2.24, 2.45) is 0 Å². The predicted octanol–water partition coefficient (Wildman–Crippen LogP) is 9.02. The van der Waals surface area contributed by atoms with Crippen molar-refractivity contribution >= 4 is 30.7 Å². The number of nitrogens with two attached hydrogens (primary N) is 1. The van der Waals surface area contributed by atoms with Gasteiger partial charge in [-0.1, -0.05) is 121 Å². The third kappa shape index (κ3) is 16.0. The summed E-state index contributed by atoms with van der Waals surface area (Å²) in [6.07, 6.45) is 21.5. The Labute approximate surface area is 356 Å². The van der Waals surface area contributed by atoms with E-state index >= 15 is 0 Å². The summed E-state index contributed by atoms with van der Waals surface area (Å²) in [6.45, 7) is 1.13. The van der Waals surface area contributed by atoms with Crippen LogP contribution in [0, 0.1) is 30.1 Å². The Morgan fingerprint density at radius 3 is 2.10 bits per heavy atom. The van der Waals surface area contributed by atoms with Gasteiger partial charge in [0.2, 0.25) is 0 Å². The highest BCUT2D eigenvalue weighted by Gasteiger charge is 2.43. The Hall–Kier alpha value is -4.52. The molecule has 0 aliphatic rings. The number of para-hydroxylation sites is 1. The second-order valence-electron chi connectivity index (χ2n) is 15.2. The molecule has 0 saturated carbocycles. The summed E-state index contributed by atoms with van der Waals surface area (Å²) in [5, 5.41) is 14.1. The maximum absolute atomic E-state index is 14.7. The molecule has 2 aromatic carbocycles. The molecule has 13 nitrogen and oxygen atoms in total. The van der Waals surface area contributed by atoms with Crippen molar-refractivity contribution in [3.05, 3.63) is 78.1 Å². The number of aliphatic hydroxyl groups excluding tert-OH is 1. The normalized spacial score (nSPS) is 14.5. The van der Waals surface area contributed by atoms with Gasteiger partial charge in [0.1, 0.15) is 41.7 Å². The van der Waals surface area contributed by atoms with Crippen LogP contribution in [0.15, 0.2) is 54.9 Å². The van der Waals surface area contributed by atoms with Gasteiger partial charge in [0.15, 0.2) is 17.1 Å². The average molecular weight is 873 g/mol. The van der Waals surface area contributed by atoms with E-state index in [0.29, 0.717) is 12.5 Å². The van der Waals surface area contributed by atoms with E-state index in [4.69, 9.17) is 30.7 Å². The van der Waals surface area contributed by atoms with Gasteiger partial charge >= 0.3 is 19.8 Å². The second-order valence-corrected chi connectivity index (χ2v) is 16.9. The minimum Gasteiger partial charge on any atom is -0.465 e. The first-order chi connectivity index (χ1) is 29.4. The Bertz CT molecular complexity index is 2020. The number of carbonyl (C=O) groups is 1. The van der Waals surface area contributed by atoms with Crippen molar-refractivity contribution in [2.75, 3.05) is 26.1 Å². The lowest BCUT2D eigenvalue weighted by Crippen LogP contribution is -2.49. The van der Waals surface area contributed by atoms with E-state index in [9.17, 15) is 27.6 Å². The lowest BCUT2D eigenvalue weighted by atomic mass is 9.98. The lowest BCUT2D eigenvalue weighted by molar-refractivity contribution is -0.146. The first kappa shape index (κ1) is 49.1. The first-order valence-corrected chi connectivity index (χ1v) is 22.7. The highest BCUT2D eigenvalue weighted by Crippen LogP contribution is 2.46. The Morgan fingerprint density at radius 2 is 1.52 bits per heavy atom. The number of esters is 1. The molecule has 4 aromatic rings. The van der Waals surface area contributed by atoms with Gasteiger partial charge in [-0.05, 0) is 42.7 Å². The zero-order valence-electron chi connectivity index (χ0n) is 35.2. The highest BCUT2D eigenvalue weighted by molar-refractivity contribution is 7.52. The van der Waals surface area contributed by atoms with Crippen molar-refractivity contribution in [3.8, 4) is 18.1 Å². The number of ether oxygens (including phenoxy) is 2. The number of unbranched alkanes of at least 4 members (excludes halogenated alkanes) is 14. The molecule has 0 fully saturated rings. The predicted molar refractivity (Wildman–Crippen MR) is 228 cm³/mol. The zero-order valence-corrected chi connectivity index (χ0v) is 36.1. The van der Waals surface area contributed by atoms with Crippen LogP contribution in [-0.4, -0.2) is 68.7 Å². The number of fused-ring (bicyclic) bond motifs is 1. The summed E-state index contributed by atoms with van der Waals surface area (Å²) in [4.78, 5) is 24.9. The van der Waals surface area contributed by atoms with Crippen LogP contribution in [0.5, 0.6) is 5.75 Å². The molecule has 4 N–H and O–H groups in total. The molecule has 0 saturated heterocycles. The van der Waals surface area contributed by atoms with Gasteiger partial charge in [-0.15, -0.1) is 6.42 Å². The Morgan fingerprint density at radius 1 is 0.934 bits per heavy atom. The third-order valence-electron chi connectivity index (χ3n) is 10.4. The molecule has 2 aromatic heterocycles. The number of rotatable bonds is 30. The summed E-state index contributed by atoms with van der Waals surface area (Å²) in [5.41, 5.74) is 3.85. The topological polar surface area (TPSA) is 173 Å². The largest absolute Gasteiger partial charge is 0.465 e. The second kappa shape index (κ2) is 25.4. The number of anilines is 1. The standard InChI is InChI=1S/C44H60F3N6O7P/c1-4-6-7-8-9-10-11-12-13-14-15-16-17-18-22-25-58-42(55)37(28-33-26-34(45)29-35(46)27-33)52-61(56,60-36-23-20-19-21-24-36)59-31-44(5-2,57-3)38(54)30-53-32-49-39-40(48)50-43(47)51-41(39)53/h2,19-21,23-24,26-27,29,32,37-38,54H,4,6-18,22,25,28,30-31H2,1,3H3,(H,52,56)(H2,48,50,51)/t37-,38-,44+,61?/m0/s1.